The Bertz CT molecular complexity index is 875. The number of piperazine rings is 3. The Morgan fingerprint density at radius 1 is 0.967 bits per heavy atom. The van der Waals surface area contributed by atoms with E-state index < -0.39 is 4.92 Å². The summed E-state index contributed by atoms with van der Waals surface area (Å²) >= 11 is 0. The molecule has 2 aromatic carbocycles. The molecule has 3 heterocycles. The number of non-ortho nitro benzene ring substituents is 1. The van der Waals surface area contributed by atoms with Crippen molar-refractivity contribution in [2.24, 2.45) is 10.2 Å². The van der Waals surface area contributed by atoms with E-state index in [1.807, 2.05) is 12.1 Å². The first-order valence-corrected chi connectivity index (χ1v) is 10.7. The third-order valence-electron chi connectivity index (χ3n) is 6.45. The number of quaternary nitrogens is 1. The second-order valence-electron chi connectivity index (χ2n) is 8.15. The van der Waals surface area contributed by atoms with Crippen LogP contribution in [-0.2, 0) is 0 Å². The molecule has 3 fully saturated rings. The molecule has 3 aliphatic rings. The van der Waals surface area contributed by atoms with Crippen LogP contribution < -0.4 is 4.90 Å². The number of rotatable bonds is 8. The lowest BCUT2D eigenvalue weighted by atomic mass is 10.1. The van der Waals surface area contributed by atoms with Crippen LogP contribution in [0.3, 0.4) is 0 Å². The van der Waals surface area contributed by atoms with E-state index in [1.165, 1.54) is 68.1 Å². The number of fused-ring (bicyclic) bond motifs is 3. The highest BCUT2D eigenvalue weighted by atomic mass is 16.6. The summed E-state index contributed by atoms with van der Waals surface area (Å²) in [5.41, 5.74) is 2.62. The van der Waals surface area contributed by atoms with Crippen LogP contribution in [0.15, 0.2) is 58.8 Å². The van der Waals surface area contributed by atoms with E-state index in [9.17, 15) is 10.1 Å². The standard InChI is InChI=1S/C22H29N6O2/c1-2-26(14-18-28-15-11-25(12-16-28)13-17-28)21-7-3-19(4-8-21)23-24-20-5-9-22(10-6-20)27(29)30/h3-10H,2,11-18H2,1H3/q+1/b24-23+. The van der Waals surface area contributed by atoms with Crippen LogP contribution in [0.2, 0.25) is 0 Å². The lowest BCUT2D eigenvalue weighted by molar-refractivity contribution is -0.939. The number of hydrogen-bond donors (Lipinski definition) is 0. The van der Waals surface area contributed by atoms with Gasteiger partial charge in [0.25, 0.3) is 5.69 Å². The van der Waals surface area contributed by atoms with Gasteiger partial charge in [-0.25, -0.2) is 0 Å². The van der Waals surface area contributed by atoms with Crippen molar-refractivity contribution in [2.75, 3.05) is 63.8 Å². The molecule has 0 saturated carbocycles. The normalized spacial score (nSPS) is 23.0. The number of hydrogen-bond acceptors (Lipinski definition) is 6. The summed E-state index contributed by atoms with van der Waals surface area (Å²) in [6.45, 7) is 13.1. The first-order chi connectivity index (χ1) is 14.6. The maximum Gasteiger partial charge on any atom is 0.269 e. The van der Waals surface area contributed by atoms with Crippen LogP contribution in [0.4, 0.5) is 22.7 Å². The third-order valence-corrected chi connectivity index (χ3v) is 6.45. The van der Waals surface area contributed by atoms with Gasteiger partial charge in [0.1, 0.15) is 0 Å². The van der Waals surface area contributed by atoms with Crippen LogP contribution in [0.5, 0.6) is 0 Å². The molecule has 3 saturated heterocycles. The summed E-state index contributed by atoms with van der Waals surface area (Å²) < 4.78 is 1.27. The van der Waals surface area contributed by atoms with Gasteiger partial charge in [0.05, 0.1) is 49.0 Å². The van der Waals surface area contributed by atoms with Crippen molar-refractivity contribution in [1.29, 1.82) is 0 Å². The van der Waals surface area contributed by atoms with E-state index in [1.54, 1.807) is 12.1 Å². The van der Waals surface area contributed by atoms with E-state index in [0.717, 1.165) is 18.8 Å². The Hall–Kier alpha value is -2.84. The summed E-state index contributed by atoms with van der Waals surface area (Å²) in [4.78, 5) is 15.3. The average molecular weight is 410 g/mol. The zero-order valence-electron chi connectivity index (χ0n) is 17.5. The minimum absolute atomic E-state index is 0.0508. The topological polar surface area (TPSA) is 74.3 Å². The van der Waals surface area contributed by atoms with E-state index in [-0.39, 0.29) is 5.69 Å². The Balaban J connectivity index is 1.36. The molecule has 30 heavy (non-hydrogen) atoms. The second kappa shape index (κ2) is 8.89. The molecule has 0 amide bonds. The minimum atomic E-state index is -0.422. The number of azo groups is 1. The number of nitro groups is 1. The zero-order chi connectivity index (χ0) is 21.0. The molecule has 5 rings (SSSR count). The molecule has 8 heteroatoms. The van der Waals surface area contributed by atoms with Gasteiger partial charge in [-0.3, -0.25) is 15.0 Å². The molecule has 0 N–H and O–H groups in total. The molecule has 2 bridgehead atoms. The van der Waals surface area contributed by atoms with Gasteiger partial charge in [-0.2, -0.15) is 10.2 Å². The Labute approximate surface area is 177 Å². The van der Waals surface area contributed by atoms with Gasteiger partial charge >= 0.3 is 0 Å². The maximum absolute atomic E-state index is 10.7. The number of likely N-dealkylation sites (N-methyl/N-ethyl adjacent to an activating group) is 1. The average Bonchev–Trinajstić information content (AvgIpc) is 2.80. The quantitative estimate of drug-likeness (QED) is 0.286. The van der Waals surface area contributed by atoms with Crippen LogP contribution in [0, 0.1) is 10.1 Å². The molecular weight excluding hydrogens is 380 g/mol. The predicted molar refractivity (Wildman–Crippen MR) is 118 cm³/mol. The highest BCUT2D eigenvalue weighted by molar-refractivity contribution is 5.53. The highest BCUT2D eigenvalue weighted by Crippen LogP contribution is 2.25. The number of benzene rings is 2. The van der Waals surface area contributed by atoms with E-state index in [4.69, 9.17) is 0 Å². The first-order valence-electron chi connectivity index (χ1n) is 10.7. The molecule has 0 unspecified atom stereocenters. The molecule has 0 atom stereocenters. The van der Waals surface area contributed by atoms with Gasteiger partial charge in [-0.15, -0.1) is 0 Å². The molecule has 2 aromatic rings. The van der Waals surface area contributed by atoms with Gasteiger partial charge in [-0.1, -0.05) is 0 Å². The molecule has 8 nitrogen and oxygen atoms in total. The van der Waals surface area contributed by atoms with Gasteiger partial charge < -0.3 is 9.38 Å². The van der Waals surface area contributed by atoms with Crippen LogP contribution in [-0.4, -0.2) is 73.2 Å². The molecular formula is C22H29N6O2+. The van der Waals surface area contributed by atoms with Crippen molar-refractivity contribution in [2.45, 2.75) is 6.92 Å². The molecule has 0 spiro atoms. The summed E-state index contributed by atoms with van der Waals surface area (Å²) in [5.74, 6) is 0. The molecule has 0 aromatic heterocycles. The number of nitrogens with zero attached hydrogens (tertiary/aromatic N) is 6. The summed E-state index contributed by atoms with van der Waals surface area (Å²) in [6.07, 6.45) is 0. The van der Waals surface area contributed by atoms with Gasteiger partial charge in [-0.05, 0) is 43.3 Å². The maximum atomic E-state index is 10.7. The lowest BCUT2D eigenvalue weighted by Crippen LogP contribution is -2.68. The summed E-state index contributed by atoms with van der Waals surface area (Å²) in [6, 6.07) is 14.2. The van der Waals surface area contributed by atoms with Crippen LogP contribution >= 0.6 is 0 Å². The SMILES string of the molecule is CCN(CC[N+]12CCN(CC1)CC2)c1ccc(/N=N/c2ccc([N+](=O)[O-])cc2)cc1. The fraction of sp³-hybridized carbons (Fsp3) is 0.455. The van der Waals surface area contributed by atoms with Crippen molar-refractivity contribution in [3.05, 3.63) is 58.6 Å². The molecule has 0 radical (unpaired) electrons. The number of anilines is 1. The van der Waals surface area contributed by atoms with Crippen LogP contribution in [0.25, 0.3) is 0 Å². The Morgan fingerprint density at radius 2 is 1.50 bits per heavy atom. The van der Waals surface area contributed by atoms with E-state index in [2.05, 4.69) is 39.1 Å². The monoisotopic (exact) mass is 409 g/mol. The molecule has 0 aliphatic carbocycles. The fourth-order valence-electron chi connectivity index (χ4n) is 4.36. The lowest BCUT2D eigenvalue weighted by Gasteiger charge is -2.51. The minimum Gasteiger partial charge on any atom is -0.366 e. The molecule has 158 valence electrons. The smallest absolute Gasteiger partial charge is 0.269 e. The van der Waals surface area contributed by atoms with Crippen LogP contribution in [0.1, 0.15) is 6.92 Å². The molecule has 3 aliphatic heterocycles. The predicted octanol–water partition coefficient (Wildman–Crippen LogP) is 3.98. The van der Waals surface area contributed by atoms with Crippen molar-refractivity contribution in [1.82, 2.24) is 4.90 Å². The summed E-state index contributed by atoms with van der Waals surface area (Å²) in [5, 5.41) is 19.2. The van der Waals surface area contributed by atoms with E-state index in [0.29, 0.717) is 5.69 Å². The Kier molecular flexibility index (Phi) is 6.06. The fourth-order valence-corrected chi connectivity index (χ4v) is 4.36. The number of nitro benzene ring substituents is 1. The van der Waals surface area contributed by atoms with Crippen molar-refractivity contribution in [3.63, 3.8) is 0 Å². The van der Waals surface area contributed by atoms with Crippen molar-refractivity contribution in [3.8, 4) is 0 Å². The van der Waals surface area contributed by atoms with Gasteiger partial charge in [0.15, 0.2) is 0 Å². The largest absolute Gasteiger partial charge is 0.366 e. The zero-order valence-corrected chi connectivity index (χ0v) is 17.5. The first kappa shape index (κ1) is 20.4. The van der Waals surface area contributed by atoms with Crippen molar-refractivity contribution < 1.29 is 9.41 Å². The third kappa shape index (κ3) is 4.66. The summed E-state index contributed by atoms with van der Waals surface area (Å²) in [7, 11) is 0. The van der Waals surface area contributed by atoms with Crippen molar-refractivity contribution >= 4 is 22.7 Å². The van der Waals surface area contributed by atoms with Gasteiger partial charge in [0.2, 0.25) is 0 Å². The van der Waals surface area contributed by atoms with E-state index >= 15 is 0 Å². The Morgan fingerprint density at radius 3 is 2.00 bits per heavy atom. The highest BCUT2D eigenvalue weighted by Gasteiger charge is 2.38. The van der Waals surface area contributed by atoms with Gasteiger partial charge in [0, 0.05) is 44.0 Å². The second-order valence-corrected chi connectivity index (χ2v) is 8.15.